The van der Waals surface area contributed by atoms with E-state index >= 15 is 0 Å². The minimum absolute atomic E-state index is 0.373. The first-order valence-electron chi connectivity index (χ1n) is 3.76. The van der Waals surface area contributed by atoms with Crippen LogP contribution in [0.3, 0.4) is 0 Å². The molecule has 1 aromatic carbocycles. The lowest BCUT2D eigenvalue weighted by atomic mass is 10.1. The number of rotatable bonds is 2. The first kappa shape index (κ1) is 10.8. The largest absolute Gasteiger partial charge is 0.502 e. The molecule has 0 saturated heterocycles. The monoisotopic (exact) mass is 213 g/mol. The predicted octanol–water partition coefficient (Wildman–Crippen LogP) is 0.793. The number of nitro groups is 1. The lowest BCUT2D eigenvalue weighted by Gasteiger charge is -2.03. The van der Waals surface area contributed by atoms with Crippen molar-refractivity contribution in [1.82, 2.24) is 0 Å². The fourth-order valence-corrected chi connectivity index (χ4v) is 1.02. The number of methoxy groups -OCH3 is 1. The summed E-state index contributed by atoms with van der Waals surface area (Å²) in [7, 11) is 1.07. The van der Waals surface area contributed by atoms with Crippen molar-refractivity contribution in [3.8, 4) is 11.5 Å². The van der Waals surface area contributed by atoms with Crippen molar-refractivity contribution >= 4 is 11.7 Å². The molecule has 7 nitrogen and oxygen atoms in total. The summed E-state index contributed by atoms with van der Waals surface area (Å²) in [5, 5.41) is 28.9. The molecular formula is C8H7NO6. The number of esters is 1. The third-order valence-corrected chi connectivity index (χ3v) is 1.72. The maximum Gasteiger partial charge on any atom is 0.352 e. The van der Waals surface area contributed by atoms with Crippen LogP contribution in [-0.4, -0.2) is 28.2 Å². The van der Waals surface area contributed by atoms with E-state index in [4.69, 9.17) is 5.11 Å². The number of carbonyl (C=O) groups excluding carboxylic acids is 1. The number of carbonyl (C=O) groups is 1. The van der Waals surface area contributed by atoms with Crippen LogP contribution in [0.2, 0.25) is 0 Å². The van der Waals surface area contributed by atoms with Gasteiger partial charge >= 0.3 is 11.7 Å². The molecule has 7 heteroatoms. The molecule has 80 valence electrons. The molecule has 2 N–H and O–H groups in total. The van der Waals surface area contributed by atoms with Crippen LogP contribution in [0.1, 0.15) is 10.4 Å². The Bertz CT molecular complexity index is 427. The lowest BCUT2D eigenvalue weighted by Crippen LogP contribution is -2.03. The molecule has 15 heavy (non-hydrogen) atoms. The minimum atomic E-state index is -0.989. The third-order valence-electron chi connectivity index (χ3n) is 1.72. The van der Waals surface area contributed by atoms with Gasteiger partial charge in [0, 0.05) is 0 Å². The van der Waals surface area contributed by atoms with Gasteiger partial charge in [-0.3, -0.25) is 10.1 Å². The topological polar surface area (TPSA) is 110 Å². The van der Waals surface area contributed by atoms with Crippen LogP contribution in [0.5, 0.6) is 11.5 Å². The van der Waals surface area contributed by atoms with E-state index < -0.39 is 28.1 Å². The van der Waals surface area contributed by atoms with Crippen molar-refractivity contribution in [2.45, 2.75) is 0 Å². The van der Waals surface area contributed by atoms with Gasteiger partial charge < -0.3 is 14.9 Å². The Morgan fingerprint density at radius 3 is 2.53 bits per heavy atom. The average molecular weight is 213 g/mol. The maximum absolute atomic E-state index is 11.0. The Hall–Kier alpha value is -2.31. The summed E-state index contributed by atoms with van der Waals surface area (Å²) < 4.78 is 4.29. The van der Waals surface area contributed by atoms with E-state index in [1.54, 1.807) is 0 Å². The van der Waals surface area contributed by atoms with Crippen LogP contribution in [0.4, 0.5) is 5.69 Å². The van der Waals surface area contributed by atoms with Crippen LogP contribution in [-0.2, 0) is 4.74 Å². The van der Waals surface area contributed by atoms with Crippen molar-refractivity contribution in [2.24, 2.45) is 0 Å². The van der Waals surface area contributed by atoms with Crippen molar-refractivity contribution in [2.75, 3.05) is 7.11 Å². The summed E-state index contributed by atoms with van der Waals surface area (Å²) in [4.78, 5) is 20.5. The number of phenolic OH excluding ortho intramolecular Hbond substituents is 2. The highest BCUT2D eigenvalue weighted by molar-refractivity contribution is 5.94. The number of aromatic hydroxyl groups is 2. The van der Waals surface area contributed by atoms with Gasteiger partial charge in [0.05, 0.1) is 12.0 Å². The predicted molar refractivity (Wildman–Crippen MR) is 47.8 cm³/mol. The number of benzene rings is 1. The smallest absolute Gasteiger partial charge is 0.352 e. The Balaban J connectivity index is 3.41. The SMILES string of the molecule is COC(=O)c1ccc(O)c([N+](=O)[O-])c1O. The van der Waals surface area contributed by atoms with E-state index in [0.29, 0.717) is 0 Å². The Morgan fingerprint density at radius 1 is 1.47 bits per heavy atom. The molecule has 0 radical (unpaired) electrons. The molecule has 0 saturated carbocycles. The van der Waals surface area contributed by atoms with E-state index in [0.717, 1.165) is 19.2 Å². The Kier molecular flexibility index (Phi) is 2.75. The van der Waals surface area contributed by atoms with E-state index in [1.807, 2.05) is 0 Å². The average Bonchev–Trinajstić information content (AvgIpc) is 2.16. The molecule has 1 rings (SSSR count). The Labute approximate surface area is 83.7 Å². The van der Waals surface area contributed by atoms with E-state index in [-0.39, 0.29) is 5.56 Å². The van der Waals surface area contributed by atoms with Crippen LogP contribution in [0, 0.1) is 10.1 Å². The first-order valence-corrected chi connectivity index (χ1v) is 3.76. The zero-order valence-electron chi connectivity index (χ0n) is 7.63. The van der Waals surface area contributed by atoms with Gasteiger partial charge in [-0.15, -0.1) is 0 Å². The summed E-state index contributed by atoms with van der Waals surface area (Å²) >= 11 is 0. The lowest BCUT2D eigenvalue weighted by molar-refractivity contribution is -0.386. The number of nitrogens with zero attached hydrogens (tertiary/aromatic N) is 1. The number of phenols is 2. The summed E-state index contributed by atoms with van der Waals surface area (Å²) in [6.07, 6.45) is 0. The highest BCUT2D eigenvalue weighted by atomic mass is 16.6. The molecule has 0 bridgehead atoms. The third kappa shape index (κ3) is 1.80. The van der Waals surface area contributed by atoms with Crippen molar-refractivity contribution in [1.29, 1.82) is 0 Å². The zero-order valence-corrected chi connectivity index (χ0v) is 7.63. The first-order chi connectivity index (χ1) is 6.99. The van der Waals surface area contributed by atoms with Gasteiger partial charge in [0.1, 0.15) is 5.56 Å². The molecule has 0 spiro atoms. The normalized spacial score (nSPS) is 9.67. The van der Waals surface area contributed by atoms with Gasteiger partial charge in [-0.05, 0) is 12.1 Å². The molecule has 0 aliphatic rings. The number of hydrogen-bond acceptors (Lipinski definition) is 6. The van der Waals surface area contributed by atoms with E-state index in [2.05, 4.69) is 4.74 Å². The maximum atomic E-state index is 11.0. The highest BCUT2D eigenvalue weighted by Gasteiger charge is 2.26. The second-order valence-electron chi connectivity index (χ2n) is 2.58. The summed E-state index contributed by atoms with van der Waals surface area (Å²) in [5.74, 6) is -2.55. The van der Waals surface area contributed by atoms with Gasteiger partial charge in [-0.25, -0.2) is 4.79 Å². The summed E-state index contributed by atoms with van der Waals surface area (Å²) in [5.41, 5.74) is -1.29. The molecule has 0 atom stereocenters. The molecule has 0 heterocycles. The number of nitro benzene ring substituents is 1. The minimum Gasteiger partial charge on any atom is -0.502 e. The van der Waals surface area contributed by atoms with Gasteiger partial charge in [-0.1, -0.05) is 0 Å². The molecule has 0 unspecified atom stereocenters. The molecule has 0 fully saturated rings. The van der Waals surface area contributed by atoms with E-state index in [1.165, 1.54) is 0 Å². The van der Waals surface area contributed by atoms with E-state index in [9.17, 15) is 20.0 Å². The summed E-state index contributed by atoms with van der Waals surface area (Å²) in [6, 6.07) is 1.97. The number of ether oxygens (including phenoxy) is 1. The van der Waals surface area contributed by atoms with Crippen molar-refractivity contribution < 1.29 is 24.7 Å². The molecular weight excluding hydrogens is 206 g/mol. The molecule has 0 aliphatic heterocycles. The van der Waals surface area contributed by atoms with Crippen LogP contribution in [0.25, 0.3) is 0 Å². The van der Waals surface area contributed by atoms with Gasteiger partial charge in [-0.2, -0.15) is 0 Å². The van der Waals surface area contributed by atoms with Crippen LogP contribution in [0.15, 0.2) is 12.1 Å². The molecule has 1 aromatic rings. The number of hydrogen-bond donors (Lipinski definition) is 2. The highest BCUT2D eigenvalue weighted by Crippen LogP contribution is 2.37. The van der Waals surface area contributed by atoms with Crippen molar-refractivity contribution in [3.63, 3.8) is 0 Å². The zero-order chi connectivity index (χ0) is 11.6. The van der Waals surface area contributed by atoms with Gasteiger partial charge in [0.2, 0.25) is 5.75 Å². The van der Waals surface area contributed by atoms with Crippen LogP contribution >= 0.6 is 0 Å². The molecule has 0 aliphatic carbocycles. The molecule has 0 amide bonds. The fourth-order valence-electron chi connectivity index (χ4n) is 1.02. The van der Waals surface area contributed by atoms with Gasteiger partial charge in [0.25, 0.3) is 0 Å². The quantitative estimate of drug-likeness (QED) is 0.427. The standard InChI is InChI=1S/C8H7NO6/c1-15-8(12)4-2-3-5(10)6(7(4)11)9(13)14/h2-3,10-11H,1H3. The Morgan fingerprint density at radius 2 is 2.07 bits per heavy atom. The fraction of sp³-hybridized carbons (Fsp3) is 0.125. The molecule has 0 aromatic heterocycles. The summed E-state index contributed by atoms with van der Waals surface area (Å²) in [6.45, 7) is 0. The van der Waals surface area contributed by atoms with Crippen LogP contribution < -0.4 is 0 Å². The second-order valence-corrected chi connectivity index (χ2v) is 2.58. The second kappa shape index (κ2) is 3.82. The van der Waals surface area contributed by atoms with Gasteiger partial charge in [0.15, 0.2) is 5.75 Å². The van der Waals surface area contributed by atoms with Crippen molar-refractivity contribution in [3.05, 3.63) is 27.8 Å².